The van der Waals surface area contributed by atoms with Gasteiger partial charge in [0, 0.05) is 12.2 Å². The van der Waals surface area contributed by atoms with E-state index in [1.165, 1.54) is 11.8 Å². The number of unbranched alkanes of at least 4 members (excludes halogenated alkanes) is 1. The van der Waals surface area contributed by atoms with Crippen LogP contribution in [0.2, 0.25) is 0 Å². The molecule has 1 aromatic heterocycles. The molecule has 0 atom stereocenters. The van der Waals surface area contributed by atoms with Crippen molar-refractivity contribution >= 4 is 28.7 Å². The highest BCUT2D eigenvalue weighted by molar-refractivity contribution is 7.99. The lowest BCUT2D eigenvalue weighted by Crippen LogP contribution is -2.26. The van der Waals surface area contributed by atoms with Crippen LogP contribution >= 0.6 is 11.8 Å². The normalized spacial score (nSPS) is 10.9. The van der Waals surface area contributed by atoms with Gasteiger partial charge in [0.15, 0.2) is 5.16 Å². The van der Waals surface area contributed by atoms with Crippen LogP contribution in [0.15, 0.2) is 59.8 Å². The van der Waals surface area contributed by atoms with Gasteiger partial charge in [0.2, 0.25) is 5.91 Å². The Morgan fingerprint density at radius 3 is 2.67 bits per heavy atom. The van der Waals surface area contributed by atoms with Gasteiger partial charge in [0.25, 0.3) is 0 Å². The molecule has 2 aromatic carbocycles. The Kier molecular flexibility index (Phi) is 5.54. The summed E-state index contributed by atoms with van der Waals surface area (Å²) in [7, 11) is 0. The molecular formula is C19H21N3OS. The Balaban J connectivity index is 1.84. The first-order valence-corrected chi connectivity index (χ1v) is 9.20. The van der Waals surface area contributed by atoms with Crippen molar-refractivity contribution in [3.63, 3.8) is 0 Å². The van der Waals surface area contributed by atoms with Gasteiger partial charge < -0.3 is 5.32 Å². The van der Waals surface area contributed by atoms with Gasteiger partial charge in [-0.3, -0.25) is 9.36 Å². The van der Waals surface area contributed by atoms with Crippen LogP contribution in [-0.4, -0.2) is 27.8 Å². The third-order valence-corrected chi connectivity index (χ3v) is 4.67. The number of imidazole rings is 1. The number of fused-ring (bicyclic) bond motifs is 1. The summed E-state index contributed by atoms with van der Waals surface area (Å²) in [6.07, 6.45) is 2.09. The molecule has 0 unspecified atom stereocenters. The van der Waals surface area contributed by atoms with Gasteiger partial charge in [-0.05, 0) is 30.7 Å². The molecule has 24 heavy (non-hydrogen) atoms. The van der Waals surface area contributed by atoms with Gasteiger partial charge in [-0.25, -0.2) is 4.98 Å². The molecule has 124 valence electrons. The maximum absolute atomic E-state index is 12.0. The molecule has 0 spiro atoms. The Hall–Kier alpha value is -2.27. The van der Waals surface area contributed by atoms with Gasteiger partial charge in [-0.2, -0.15) is 0 Å². The molecule has 0 bridgehead atoms. The number of rotatable bonds is 7. The second kappa shape index (κ2) is 8.02. The molecule has 3 aromatic rings. The lowest BCUT2D eigenvalue weighted by Gasteiger charge is -2.09. The van der Waals surface area contributed by atoms with Crippen LogP contribution in [-0.2, 0) is 4.79 Å². The second-order valence-corrected chi connectivity index (χ2v) is 6.49. The van der Waals surface area contributed by atoms with E-state index in [9.17, 15) is 4.79 Å². The van der Waals surface area contributed by atoms with Crippen molar-refractivity contribution in [1.82, 2.24) is 14.9 Å². The molecule has 1 amide bonds. The maximum Gasteiger partial charge on any atom is 0.230 e. The molecule has 1 heterocycles. The highest BCUT2D eigenvalue weighted by Gasteiger charge is 2.13. The van der Waals surface area contributed by atoms with Crippen molar-refractivity contribution in [3.8, 4) is 5.69 Å². The molecule has 4 nitrogen and oxygen atoms in total. The molecular weight excluding hydrogens is 318 g/mol. The summed E-state index contributed by atoms with van der Waals surface area (Å²) < 4.78 is 2.11. The molecule has 0 saturated heterocycles. The third kappa shape index (κ3) is 3.79. The number of hydrogen-bond donors (Lipinski definition) is 1. The molecule has 0 aliphatic rings. The minimum Gasteiger partial charge on any atom is -0.355 e. The first kappa shape index (κ1) is 16.6. The summed E-state index contributed by atoms with van der Waals surface area (Å²) in [4.78, 5) is 16.7. The molecule has 1 N–H and O–H groups in total. The molecule has 0 saturated carbocycles. The Bertz CT molecular complexity index is 814. The lowest BCUT2D eigenvalue weighted by molar-refractivity contribution is -0.118. The number of para-hydroxylation sites is 3. The van der Waals surface area contributed by atoms with Crippen LogP contribution in [0.1, 0.15) is 19.8 Å². The van der Waals surface area contributed by atoms with E-state index in [0.717, 1.165) is 41.3 Å². The average Bonchev–Trinajstić information content (AvgIpc) is 2.99. The second-order valence-electron chi connectivity index (χ2n) is 5.55. The van der Waals surface area contributed by atoms with Crippen molar-refractivity contribution in [2.24, 2.45) is 0 Å². The van der Waals surface area contributed by atoms with Gasteiger partial charge in [-0.15, -0.1) is 0 Å². The smallest absolute Gasteiger partial charge is 0.230 e. The fourth-order valence-corrected chi connectivity index (χ4v) is 3.37. The number of carbonyl (C=O) groups is 1. The molecule has 0 aliphatic heterocycles. The van der Waals surface area contributed by atoms with E-state index in [1.54, 1.807) is 0 Å². The van der Waals surface area contributed by atoms with E-state index in [1.807, 2.05) is 36.4 Å². The van der Waals surface area contributed by atoms with Gasteiger partial charge in [0.05, 0.1) is 16.8 Å². The summed E-state index contributed by atoms with van der Waals surface area (Å²) in [5, 5.41) is 3.79. The minimum atomic E-state index is 0.0557. The Morgan fingerprint density at radius 1 is 1.12 bits per heavy atom. The molecule has 0 aliphatic carbocycles. The van der Waals surface area contributed by atoms with Crippen molar-refractivity contribution in [3.05, 3.63) is 54.6 Å². The fraction of sp³-hybridized carbons (Fsp3) is 0.263. The number of aromatic nitrogens is 2. The summed E-state index contributed by atoms with van der Waals surface area (Å²) in [5.41, 5.74) is 3.05. The standard InChI is InChI=1S/C19H21N3OS/c1-2-3-13-20-18(23)14-24-19-21-16-11-7-8-12-17(16)22(19)15-9-5-4-6-10-15/h4-12H,2-3,13-14H2,1H3,(H,20,23). The SMILES string of the molecule is CCCCNC(=O)CSc1nc2ccccc2n1-c1ccccc1. The molecule has 0 radical (unpaired) electrons. The maximum atomic E-state index is 12.0. The minimum absolute atomic E-state index is 0.0557. The number of amides is 1. The van der Waals surface area contributed by atoms with Crippen LogP contribution in [0.25, 0.3) is 16.7 Å². The number of nitrogens with zero attached hydrogens (tertiary/aromatic N) is 2. The van der Waals surface area contributed by atoms with Crippen molar-refractivity contribution in [1.29, 1.82) is 0 Å². The summed E-state index contributed by atoms with van der Waals surface area (Å²) in [6, 6.07) is 18.2. The van der Waals surface area contributed by atoms with E-state index in [2.05, 4.69) is 35.0 Å². The van der Waals surface area contributed by atoms with Crippen LogP contribution in [0.5, 0.6) is 0 Å². The molecule has 3 rings (SSSR count). The summed E-state index contributed by atoms with van der Waals surface area (Å²) >= 11 is 1.47. The molecule has 0 fully saturated rings. The van der Waals surface area contributed by atoms with E-state index < -0.39 is 0 Å². The predicted octanol–water partition coefficient (Wildman–Crippen LogP) is 4.03. The number of benzene rings is 2. The van der Waals surface area contributed by atoms with Gasteiger partial charge in [-0.1, -0.05) is 55.4 Å². The van der Waals surface area contributed by atoms with Crippen LogP contribution in [0.3, 0.4) is 0 Å². The summed E-state index contributed by atoms with van der Waals surface area (Å²) in [5.74, 6) is 0.431. The highest BCUT2D eigenvalue weighted by atomic mass is 32.2. The predicted molar refractivity (Wildman–Crippen MR) is 99.7 cm³/mol. The van der Waals surface area contributed by atoms with Crippen LogP contribution in [0, 0.1) is 0 Å². The fourth-order valence-electron chi connectivity index (χ4n) is 2.51. The monoisotopic (exact) mass is 339 g/mol. The number of nitrogens with one attached hydrogen (secondary N) is 1. The summed E-state index contributed by atoms with van der Waals surface area (Å²) in [6.45, 7) is 2.86. The third-order valence-electron chi connectivity index (χ3n) is 3.73. The zero-order valence-electron chi connectivity index (χ0n) is 13.7. The van der Waals surface area contributed by atoms with Gasteiger partial charge in [0.1, 0.15) is 0 Å². The van der Waals surface area contributed by atoms with Crippen molar-refractivity contribution in [2.75, 3.05) is 12.3 Å². The van der Waals surface area contributed by atoms with Crippen molar-refractivity contribution < 1.29 is 4.79 Å². The Labute approximate surface area is 146 Å². The van der Waals surface area contributed by atoms with Crippen molar-refractivity contribution in [2.45, 2.75) is 24.9 Å². The average molecular weight is 339 g/mol. The first-order valence-electron chi connectivity index (χ1n) is 8.22. The quantitative estimate of drug-likeness (QED) is 0.522. The first-order chi connectivity index (χ1) is 11.8. The van der Waals surface area contributed by atoms with E-state index in [0.29, 0.717) is 5.75 Å². The lowest BCUT2D eigenvalue weighted by atomic mass is 10.3. The van der Waals surface area contributed by atoms with E-state index in [4.69, 9.17) is 4.98 Å². The number of carbonyl (C=O) groups excluding carboxylic acids is 1. The topological polar surface area (TPSA) is 46.9 Å². The number of hydrogen-bond acceptors (Lipinski definition) is 3. The zero-order valence-corrected chi connectivity index (χ0v) is 14.6. The van der Waals surface area contributed by atoms with Crippen LogP contribution in [0.4, 0.5) is 0 Å². The van der Waals surface area contributed by atoms with E-state index >= 15 is 0 Å². The van der Waals surface area contributed by atoms with Gasteiger partial charge >= 0.3 is 0 Å². The molecule has 5 heteroatoms. The van der Waals surface area contributed by atoms with Crippen LogP contribution < -0.4 is 5.32 Å². The highest BCUT2D eigenvalue weighted by Crippen LogP contribution is 2.27. The largest absolute Gasteiger partial charge is 0.355 e. The number of thioether (sulfide) groups is 1. The Morgan fingerprint density at radius 2 is 1.88 bits per heavy atom. The zero-order chi connectivity index (χ0) is 16.8. The van der Waals surface area contributed by atoms with E-state index in [-0.39, 0.29) is 5.91 Å².